The summed E-state index contributed by atoms with van der Waals surface area (Å²) in [4.78, 5) is 23.4. The van der Waals surface area contributed by atoms with Crippen LogP contribution in [-0.4, -0.2) is 62.6 Å². The summed E-state index contributed by atoms with van der Waals surface area (Å²) in [5.74, 6) is 0.307. The predicted molar refractivity (Wildman–Crippen MR) is 150 cm³/mol. The van der Waals surface area contributed by atoms with Crippen molar-refractivity contribution in [1.29, 1.82) is 0 Å². The minimum absolute atomic E-state index is 0.0101. The van der Waals surface area contributed by atoms with E-state index in [1.54, 1.807) is 30.3 Å². The van der Waals surface area contributed by atoms with Crippen LogP contribution in [0.1, 0.15) is 40.3 Å². The van der Waals surface area contributed by atoms with Crippen LogP contribution in [0, 0.1) is 0 Å². The third-order valence-corrected chi connectivity index (χ3v) is 7.82. The van der Waals surface area contributed by atoms with Gasteiger partial charge in [0, 0.05) is 25.8 Å². The maximum Gasteiger partial charge on any atom is 0.586 e. The van der Waals surface area contributed by atoms with E-state index in [-0.39, 0.29) is 29.8 Å². The molecule has 0 amide bonds. The van der Waals surface area contributed by atoms with Gasteiger partial charge in [-0.15, -0.1) is 8.78 Å². The highest BCUT2D eigenvalue weighted by Gasteiger charge is 2.43. The number of imidazole rings is 1. The summed E-state index contributed by atoms with van der Waals surface area (Å²) >= 11 is 0. The Morgan fingerprint density at radius 1 is 1.09 bits per heavy atom. The molecule has 0 unspecified atom stereocenters. The summed E-state index contributed by atoms with van der Waals surface area (Å²) < 4.78 is 49.2. The summed E-state index contributed by atoms with van der Waals surface area (Å²) in [6.45, 7) is 3.63. The zero-order chi connectivity index (χ0) is 29.6. The molecule has 1 atom stereocenters. The molecule has 1 saturated heterocycles. The van der Waals surface area contributed by atoms with Crippen molar-refractivity contribution in [3.63, 3.8) is 0 Å². The van der Waals surface area contributed by atoms with E-state index in [0.29, 0.717) is 31.1 Å². The second kappa shape index (κ2) is 10.9. The van der Waals surface area contributed by atoms with Gasteiger partial charge < -0.3 is 28.6 Å². The van der Waals surface area contributed by atoms with Crippen LogP contribution in [0.2, 0.25) is 0 Å². The Balaban J connectivity index is 1.02. The highest BCUT2D eigenvalue weighted by molar-refractivity contribution is 5.92. The van der Waals surface area contributed by atoms with Gasteiger partial charge in [-0.2, -0.15) is 0 Å². The molecule has 1 N–H and O–H groups in total. The fourth-order valence-electron chi connectivity index (χ4n) is 5.46. The summed E-state index contributed by atoms with van der Waals surface area (Å²) in [6.07, 6.45) is 0.347. The Morgan fingerprint density at radius 2 is 1.95 bits per heavy atom. The molecule has 10 nitrogen and oxygen atoms in total. The fourth-order valence-corrected chi connectivity index (χ4v) is 5.46. The van der Waals surface area contributed by atoms with E-state index in [9.17, 15) is 18.7 Å². The Bertz CT molecular complexity index is 1730. The molecule has 4 aromatic rings. The third kappa shape index (κ3) is 5.75. The number of rotatable bonds is 9. The highest BCUT2D eigenvalue weighted by Crippen LogP contribution is 2.41. The van der Waals surface area contributed by atoms with E-state index in [4.69, 9.17) is 14.5 Å². The lowest BCUT2D eigenvalue weighted by molar-refractivity contribution is -0.286. The Kier molecular flexibility index (Phi) is 6.94. The molecule has 0 bridgehead atoms. The number of ether oxygens (including phenoxy) is 4. The first-order valence-electron chi connectivity index (χ1n) is 14.0. The quantitative estimate of drug-likeness (QED) is 0.285. The molecule has 0 radical (unpaired) electrons. The van der Waals surface area contributed by atoms with Gasteiger partial charge in [-0.25, -0.2) is 14.8 Å². The van der Waals surface area contributed by atoms with E-state index in [1.165, 1.54) is 12.1 Å². The molecule has 2 aromatic carbocycles. The van der Waals surface area contributed by atoms with Crippen LogP contribution in [-0.2, 0) is 24.4 Å². The molecular weight excluding hydrogens is 562 g/mol. The number of nitrogens with zero attached hydrogens (tertiary/aromatic N) is 4. The van der Waals surface area contributed by atoms with Crippen molar-refractivity contribution in [3.8, 4) is 17.4 Å². The number of carbonyl (C=O) groups is 1. The molecular formula is C31H28F2N4O6. The molecule has 43 heavy (non-hydrogen) atoms. The second-order valence-electron chi connectivity index (χ2n) is 10.7. The lowest BCUT2D eigenvalue weighted by Crippen LogP contribution is -2.33. The normalized spacial score (nSPS) is 19.2. The minimum atomic E-state index is -3.66. The van der Waals surface area contributed by atoms with E-state index in [0.717, 1.165) is 54.1 Å². The Hall–Kier alpha value is -4.55. The second-order valence-corrected chi connectivity index (χ2v) is 10.7. The molecule has 7 rings (SSSR count). The molecule has 3 aliphatic rings. The zero-order valence-corrected chi connectivity index (χ0v) is 23.0. The maximum atomic E-state index is 13.3. The van der Waals surface area contributed by atoms with Crippen molar-refractivity contribution in [2.45, 2.75) is 44.9 Å². The number of fused-ring (bicyclic) bond motifs is 2. The summed E-state index contributed by atoms with van der Waals surface area (Å²) in [5, 5.41) is 9.49. The lowest BCUT2D eigenvalue weighted by atomic mass is 10.0. The maximum absolute atomic E-state index is 13.3. The number of benzene rings is 2. The smallest absolute Gasteiger partial charge is 0.478 e. The molecule has 1 fully saturated rings. The van der Waals surface area contributed by atoms with Crippen LogP contribution < -0.4 is 14.2 Å². The first-order valence-corrected chi connectivity index (χ1v) is 14.0. The van der Waals surface area contributed by atoms with Crippen molar-refractivity contribution in [1.82, 2.24) is 19.4 Å². The number of carboxylic acid groups (broad SMARTS) is 1. The van der Waals surface area contributed by atoms with Crippen LogP contribution in [0.3, 0.4) is 0 Å². The van der Waals surface area contributed by atoms with Gasteiger partial charge in [-0.05, 0) is 60.4 Å². The molecule has 2 aromatic heterocycles. The van der Waals surface area contributed by atoms with Gasteiger partial charge in [0.1, 0.15) is 12.4 Å². The summed E-state index contributed by atoms with van der Waals surface area (Å²) in [5.41, 5.74) is 4.38. The van der Waals surface area contributed by atoms with Crippen molar-refractivity contribution in [2.24, 2.45) is 0 Å². The Labute approximate surface area is 245 Å². The van der Waals surface area contributed by atoms with Crippen LogP contribution in [0.5, 0.6) is 17.4 Å². The predicted octanol–water partition coefficient (Wildman–Crippen LogP) is 5.11. The standard InChI is InChI=1S/C31H28F2N4O6/c32-31(33)42-26-7-4-19(14-27(26)43-31)18-41-29-3-1-2-23(35-29)20-8-11-36(12-9-20)17-28-34-24-6-5-21(30(38)39)15-25(24)37(28)16-22-10-13-40-22/h1-8,14-15,22H,9-13,16-18H2,(H,38,39)/t22-/m0/s1. The van der Waals surface area contributed by atoms with Crippen molar-refractivity contribution in [2.75, 3.05) is 19.7 Å². The number of hydrogen-bond acceptors (Lipinski definition) is 8. The molecule has 222 valence electrons. The van der Waals surface area contributed by atoms with Gasteiger partial charge in [0.15, 0.2) is 11.5 Å². The summed E-state index contributed by atoms with van der Waals surface area (Å²) in [6, 6.07) is 15.2. The fraction of sp³-hybridized carbons (Fsp3) is 0.323. The first-order chi connectivity index (χ1) is 20.8. The molecule has 0 saturated carbocycles. The van der Waals surface area contributed by atoms with Crippen LogP contribution in [0.25, 0.3) is 16.6 Å². The van der Waals surface area contributed by atoms with Crippen LogP contribution in [0.4, 0.5) is 8.78 Å². The molecule has 5 heterocycles. The van der Waals surface area contributed by atoms with E-state index < -0.39 is 12.3 Å². The van der Waals surface area contributed by atoms with Crippen LogP contribution >= 0.6 is 0 Å². The average Bonchev–Trinajstić information content (AvgIpc) is 3.47. The average molecular weight is 591 g/mol. The number of pyridine rings is 1. The van der Waals surface area contributed by atoms with E-state index in [1.807, 2.05) is 12.1 Å². The van der Waals surface area contributed by atoms with Crippen molar-refractivity contribution in [3.05, 3.63) is 83.3 Å². The molecule has 0 aliphatic carbocycles. The van der Waals surface area contributed by atoms with Gasteiger partial charge in [0.05, 0.1) is 41.5 Å². The van der Waals surface area contributed by atoms with Crippen molar-refractivity contribution >= 4 is 22.6 Å². The van der Waals surface area contributed by atoms with E-state index in [2.05, 4.69) is 30.0 Å². The number of aromatic nitrogens is 3. The zero-order valence-electron chi connectivity index (χ0n) is 23.0. The molecule has 3 aliphatic heterocycles. The number of aromatic carboxylic acids is 1. The molecule has 0 spiro atoms. The topological polar surface area (TPSA) is 108 Å². The van der Waals surface area contributed by atoms with Gasteiger partial charge >= 0.3 is 12.3 Å². The molecule has 12 heteroatoms. The third-order valence-electron chi connectivity index (χ3n) is 7.82. The van der Waals surface area contributed by atoms with E-state index >= 15 is 0 Å². The first kappa shape index (κ1) is 27.3. The number of hydrogen-bond donors (Lipinski definition) is 1. The summed E-state index contributed by atoms with van der Waals surface area (Å²) in [7, 11) is 0. The van der Waals surface area contributed by atoms with Gasteiger partial charge in [0.25, 0.3) is 0 Å². The highest BCUT2D eigenvalue weighted by atomic mass is 19.3. The van der Waals surface area contributed by atoms with Gasteiger partial charge in [-0.3, -0.25) is 4.90 Å². The SMILES string of the molecule is O=C(O)c1ccc2nc(CN3CC=C(c4cccc(OCc5ccc6c(c5)OC(F)(F)O6)n4)CC3)n(C[C@@H]3CCO3)c2c1. The number of carboxylic acids is 1. The van der Waals surface area contributed by atoms with Crippen molar-refractivity contribution < 1.29 is 37.6 Å². The largest absolute Gasteiger partial charge is 0.586 e. The van der Waals surface area contributed by atoms with Gasteiger partial charge in [-0.1, -0.05) is 18.2 Å². The lowest BCUT2D eigenvalue weighted by Gasteiger charge is -2.29. The van der Waals surface area contributed by atoms with Crippen LogP contribution in [0.15, 0.2) is 60.7 Å². The minimum Gasteiger partial charge on any atom is -0.478 e. The number of alkyl halides is 2. The Morgan fingerprint density at radius 3 is 2.72 bits per heavy atom. The number of halogens is 2. The monoisotopic (exact) mass is 590 g/mol. The van der Waals surface area contributed by atoms with Gasteiger partial charge in [0.2, 0.25) is 5.88 Å².